The van der Waals surface area contributed by atoms with Crippen molar-refractivity contribution in [3.05, 3.63) is 39.4 Å². The van der Waals surface area contributed by atoms with Crippen LogP contribution in [-0.4, -0.2) is 29.1 Å². The quantitative estimate of drug-likeness (QED) is 0.239. The Morgan fingerprint density at radius 2 is 1.88 bits per heavy atom. The number of carbonyl (C=O) groups is 3. The van der Waals surface area contributed by atoms with E-state index in [1.165, 1.54) is 0 Å². The predicted molar refractivity (Wildman–Crippen MR) is 80.4 cm³/mol. The van der Waals surface area contributed by atoms with E-state index in [2.05, 4.69) is 0 Å². The number of rotatable bonds is 7. The first-order valence-corrected chi connectivity index (χ1v) is 7.62. The number of benzene rings is 1. The van der Waals surface area contributed by atoms with Gasteiger partial charge in [-0.05, 0) is 31.9 Å². The summed E-state index contributed by atoms with van der Waals surface area (Å²) in [6.45, 7) is 1.60. The van der Waals surface area contributed by atoms with Crippen LogP contribution in [0.3, 0.4) is 0 Å². The number of alkyl halides is 3. The maximum atomic E-state index is 12.7. The van der Waals surface area contributed by atoms with Crippen molar-refractivity contribution in [1.29, 1.82) is 0 Å². The number of hydrogen-bond acceptors (Lipinski definition) is 6. The van der Waals surface area contributed by atoms with Gasteiger partial charge < -0.3 is 4.74 Å². The van der Waals surface area contributed by atoms with E-state index in [1.807, 2.05) is 0 Å². The molecule has 1 aromatic rings. The molecule has 1 aliphatic rings. The molecule has 1 aliphatic carbocycles. The highest BCUT2D eigenvalue weighted by Gasteiger charge is 2.57. The monoisotopic (exact) mass is 373 g/mol. The van der Waals surface area contributed by atoms with E-state index >= 15 is 0 Å². The van der Waals surface area contributed by atoms with Gasteiger partial charge in [0.2, 0.25) is 0 Å². The number of esters is 1. The number of ether oxygens (including phenoxy) is 1. The number of hydrogen-bond donors (Lipinski definition) is 0. The van der Waals surface area contributed by atoms with Crippen molar-refractivity contribution in [1.82, 2.24) is 0 Å². The highest BCUT2D eigenvalue weighted by molar-refractivity contribution is 6.17. The summed E-state index contributed by atoms with van der Waals surface area (Å²) in [7, 11) is 0. The first kappa shape index (κ1) is 19.5. The van der Waals surface area contributed by atoms with Crippen LogP contribution in [0.5, 0.6) is 0 Å². The average Bonchev–Trinajstić information content (AvgIpc) is 3.35. The highest BCUT2D eigenvalue weighted by atomic mass is 19.4. The van der Waals surface area contributed by atoms with Gasteiger partial charge in [-0.25, -0.2) is 0 Å². The number of halogens is 3. The summed E-state index contributed by atoms with van der Waals surface area (Å²) in [4.78, 5) is 46.2. The van der Waals surface area contributed by atoms with Crippen molar-refractivity contribution in [2.24, 2.45) is 5.41 Å². The van der Waals surface area contributed by atoms with Crippen molar-refractivity contribution in [3.63, 3.8) is 0 Å². The molecule has 0 N–H and O–H groups in total. The standard InChI is InChI=1S/C16H14F3NO6/c1-2-26-14(23)15(5-6-15)13(22)8-12(21)10-4-3-9(16(17,18)19)7-11(10)20(24)25/h3-4,7H,2,5-6,8H2,1H3. The molecule has 0 bridgehead atoms. The molecular weight excluding hydrogens is 359 g/mol. The van der Waals surface area contributed by atoms with Crippen LogP contribution >= 0.6 is 0 Å². The van der Waals surface area contributed by atoms with Crippen LogP contribution in [0, 0.1) is 15.5 Å². The summed E-state index contributed by atoms with van der Waals surface area (Å²) < 4.78 is 42.8. The first-order chi connectivity index (χ1) is 12.0. The zero-order chi connectivity index (χ0) is 19.7. The lowest BCUT2D eigenvalue weighted by Gasteiger charge is -2.12. The fourth-order valence-electron chi connectivity index (χ4n) is 2.50. The molecular formula is C16H14F3NO6. The van der Waals surface area contributed by atoms with Crippen LogP contribution in [0.2, 0.25) is 0 Å². The van der Waals surface area contributed by atoms with E-state index in [0.29, 0.717) is 12.1 Å². The van der Waals surface area contributed by atoms with Gasteiger partial charge in [-0.2, -0.15) is 13.2 Å². The Hall–Kier alpha value is -2.78. The molecule has 0 aromatic heterocycles. The Bertz CT molecular complexity index is 783. The van der Waals surface area contributed by atoms with Crippen molar-refractivity contribution in [2.45, 2.75) is 32.4 Å². The van der Waals surface area contributed by atoms with E-state index in [1.54, 1.807) is 6.92 Å². The lowest BCUT2D eigenvalue weighted by Crippen LogP contribution is -2.29. The molecule has 10 heteroatoms. The molecule has 7 nitrogen and oxygen atoms in total. The summed E-state index contributed by atoms with van der Waals surface area (Å²) in [5.74, 6) is -2.54. The zero-order valence-electron chi connectivity index (χ0n) is 13.6. The second-order valence-electron chi connectivity index (χ2n) is 5.81. The Morgan fingerprint density at radius 3 is 2.35 bits per heavy atom. The molecule has 2 rings (SSSR count). The fourth-order valence-corrected chi connectivity index (χ4v) is 2.50. The number of carbonyl (C=O) groups excluding carboxylic acids is 3. The van der Waals surface area contributed by atoms with Crippen molar-refractivity contribution >= 4 is 23.2 Å². The molecule has 0 spiro atoms. The smallest absolute Gasteiger partial charge is 0.416 e. The van der Waals surface area contributed by atoms with Gasteiger partial charge in [0.05, 0.1) is 29.1 Å². The minimum absolute atomic E-state index is 0.0478. The molecule has 1 fully saturated rings. The molecule has 0 unspecified atom stereocenters. The van der Waals surface area contributed by atoms with E-state index < -0.39 is 57.3 Å². The van der Waals surface area contributed by atoms with Gasteiger partial charge in [-0.1, -0.05) is 0 Å². The largest absolute Gasteiger partial charge is 0.465 e. The summed E-state index contributed by atoms with van der Waals surface area (Å²) >= 11 is 0. The minimum atomic E-state index is -4.82. The molecule has 140 valence electrons. The number of Topliss-reactive ketones (excluding diaryl/α,β-unsaturated/α-hetero) is 2. The summed E-state index contributed by atoms with van der Waals surface area (Å²) in [6.07, 6.45) is -5.24. The number of nitro benzene ring substituents is 1. The molecule has 1 aromatic carbocycles. The second kappa shape index (κ2) is 6.85. The van der Waals surface area contributed by atoms with Crippen LogP contribution in [0.1, 0.15) is 42.1 Å². The molecule has 0 atom stereocenters. The third kappa shape index (κ3) is 3.73. The topological polar surface area (TPSA) is 104 Å². The van der Waals surface area contributed by atoms with E-state index in [0.717, 1.165) is 0 Å². The van der Waals surface area contributed by atoms with Crippen LogP contribution in [0.25, 0.3) is 0 Å². The summed E-state index contributed by atoms with van der Waals surface area (Å²) in [6, 6.07) is 1.44. The molecule has 0 heterocycles. The fraction of sp³-hybridized carbons (Fsp3) is 0.438. The van der Waals surface area contributed by atoms with E-state index in [-0.39, 0.29) is 25.5 Å². The van der Waals surface area contributed by atoms with Crippen LogP contribution < -0.4 is 0 Å². The van der Waals surface area contributed by atoms with E-state index in [9.17, 15) is 37.7 Å². The van der Waals surface area contributed by atoms with Crippen LogP contribution in [-0.2, 0) is 20.5 Å². The number of nitrogens with zero attached hydrogens (tertiary/aromatic N) is 1. The average molecular weight is 373 g/mol. The Balaban J connectivity index is 2.26. The van der Waals surface area contributed by atoms with Crippen molar-refractivity contribution < 1.29 is 37.2 Å². The number of ketones is 2. The van der Waals surface area contributed by atoms with Crippen molar-refractivity contribution in [3.8, 4) is 0 Å². The highest BCUT2D eigenvalue weighted by Crippen LogP contribution is 2.48. The zero-order valence-corrected chi connectivity index (χ0v) is 13.6. The molecule has 1 saturated carbocycles. The Morgan fingerprint density at radius 1 is 1.27 bits per heavy atom. The lowest BCUT2D eigenvalue weighted by atomic mass is 9.93. The molecule has 0 saturated heterocycles. The summed E-state index contributed by atoms with van der Waals surface area (Å²) in [5, 5.41) is 11.0. The first-order valence-electron chi connectivity index (χ1n) is 7.62. The molecule has 0 amide bonds. The maximum absolute atomic E-state index is 12.7. The van der Waals surface area contributed by atoms with Crippen LogP contribution in [0.4, 0.5) is 18.9 Å². The predicted octanol–water partition coefficient (Wildman–Crippen LogP) is 3.10. The SMILES string of the molecule is CCOC(=O)C1(C(=O)CC(=O)c2ccc(C(F)(F)F)cc2[N+](=O)[O-])CC1. The normalized spacial score (nSPS) is 15.2. The van der Waals surface area contributed by atoms with Gasteiger partial charge in [0.25, 0.3) is 5.69 Å². The Labute approximate surface area is 145 Å². The van der Waals surface area contributed by atoms with E-state index in [4.69, 9.17) is 4.74 Å². The maximum Gasteiger partial charge on any atom is 0.416 e. The van der Waals surface area contributed by atoms with Gasteiger partial charge in [-0.3, -0.25) is 24.5 Å². The van der Waals surface area contributed by atoms with Crippen LogP contribution in [0.15, 0.2) is 18.2 Å². The van der Waals surface area contributed by atoms with Crippen molar-refractivity contribution in [2.75, 3.05) is 6.61 Å². The van der Waals surface area contributed by atoms with Gasteiger partial charge in [0, 0.05) is 6.07 Å². The Kier molecular flexibility index (Phi) is 5.15. The third-order valence-corrected chi connectivity index (χ3v) is 4.09. The second-order valence-corrected chi connectivity index (χ2v) is 5.81. The van der Waals surface area contributed by atoms with Gasteiger partial charge in [0.15, 0.2) is 11.6 Å². The number of nitro groups is 1. The molecule has 0 radical (unpaired) electrons. The minimum Gasteiger partial charge on any atom is -0.465 e. The molecule has 0 aliphatic heterocycles. The summed E-state index contributed by atoms with van der Waals surface area (Å²) in [5.41, 5.74) is -4.36. The lowest BCUT2D eigenvalue weighted by molar-refractivity contribution is -0.385. The van der Waals surface area contributed by atoms with Gasteiger partial charge in [0.1, 0.15) is 5.41 Å². The van der Waals surface area contributed by atoms with Gasteiger partial charge in [-0.15, -0.1) is 0 Å². The van der Waals surface area contributed by atoms with Gasteiger partial charge >= 0.3 is 12.1 Å². The molecule has 26 heavy (non-hydrogen) atoms. The third-order valence-electron chi connectivity index (χ3n) is 4.09.